The number of aryl methyl sites for hydroxylation is 1. The zero-order valence-electron chi connectivity index (χ0n) is 12.1. The van der Waals surface area contributed by atoms with Gasteiger partial charge in [0.25, 0.3) is 0 Å². The van der Waals surface area contributed by atoms with E-state index >= 15 is 0 Å². The molecule has 112 valence electrons. The van der Waals surface area contributed by atoms with Gasteiger partial charge in [0.15, 0.2) is 0 Å². The minimum Gasteiger partial charge on any atom is -0.329 e. The molecular weight excluding hydrogens is 274 g/mol. The molecule has 1 aliphatic carbocycles. The molecule has 20 heavy (non-hydrogen) atoms. The number of halogens is 1. The maximum Gasteiger partial charge on any atom is 0.238 e. The Kier molecular flexibility index (Phi) is 6.46. The van der Waals surface area contributed by atoms with Gasteiger partial charge >= 0.3 is 0 Å². The van der Waals surface area contributed by atoms with Crippen molar-refractivity contribution in [1.82, 2.24) is 4.90 Å². The molecule has 2 rings (SSSR count). The molecule has 1 aromatic carbocycles. The number of carbonyl (C=O) groups excluding carboxylic acids is 1. The standard InChI is InChI=1S/C15H23N3O.ClH/c1-11-4-3-5-13(8-11)17-15(19)10-18(2)14(9-16)12-6-7-12;/h3-5,8,12,14H,6-7,9-10,16H2,1-2H3,(H,17,19);1H. The molecule has 3 N–H and O–H groups in total. The molecule has 1 saturated carbocycles. The number of nitrogens with one attached hydrogen (secondary N) is 1. The molecule has 0 aliphatic heterocycles. The summed E-state index contributed by atoms with van der Waals surface area (Å²) in [6, 6.07) is 8.18. The molecule has 1 fully saturated rings. The SMILES string of the molecule is Cc1cccc(NC(=O)CN(C)C(CN)C2CC2)c1.Cl. The fourth-order valence-electron chi connectivity index (χ4n) is 2.48. The minimum absolute atomic E-state index is 0. The summed E-state index contributed by atoms with van der Waals surface area (Å²) in [7, 11) is 1.98. The van der Waals surface area contributed by atoms with Crippen molar-refractivity contribution in [3.05, 3.63) is 29.8 Å². The third-order valence-corrected chi connectivity index (χ3v) is 3.67. The zero-order valence-corrected chi connectivity index (χ0v) is 13.0. The second-order valence-electron chi connectivity index (χ2n) is 5.47. The fraction of sp³-hybridized carbons (Fsp3) is 0.533. The van der Waals surface area contributed by atoms with Gasteiger partial charge in [0.1, 0.15) is 0 Å². The summed E-state index contributed by atoms with van der Waals surface area (Å²) in [5.74, 6) is 0.703. The third-order valence-electron chi connectivity index (χ3n) is 3.67. The maximum atomic E-state index is 12.0. The van der Waals surface area contributed by atoms with Gasteiger partial charge in [-0.15, -0.1) is 12.4 Å². The largest absolute Gasteiger partial charge is 0.329 e. The van der Waals surface area contributed by atoms with E-state index in [2.05, 4.69) is 10.2 Å². The van der Waals surface area contributed by atoms with E-state index in [1.165, 1.54) is 12.8 Å². The van der Waals surface area contributed by atoms with Gasteiger partial charge in [-0.25, -0.2) is 0 Å². The molecule has 0 heterocycles. The molecule has 1 aliphatic rings. The number of benzene rings is 1. The van der Waals surface area contributed by atoms with Crippen LogP contribution in [0.25, 0.3) is 0 Å². The van der Waals surface area contributed by atoms with Crippen LogP contribution in [0.15, 0.2) is 24.3 Å². The molecule has 5 heteroatoms. The van der Waals surface area contributed by atoms with E-state index < -0.39 is 0 Å². The number of carbonyl (C=O) groups is 1. The van der Waals surface area contributed by atoms with Gasteiger partial charge in [0.2, 0.25) is 5.91 Å². The normalized spacial score (nSPS) is 15.6. The van der Waals surface area contributed by atoms with Crippen molar-refractivity contribution in [2.45, 2.75) is 25.8 Å². The summed E-state index contributed by atoms with van der Waals surface area (Å²) in [5.41, 5.74) is 7.79. The molecule has 1 unspecified atom stereocenters. The van der Waals surface area contributed by atoms with Gasteiger partial charge in [0, 0.05) is 18.3 Å². The minimum atomic E-state index is 0. The topological polar surface area (TPSA) is 58.4 Å². The second kappa shape index (κ2) is 7.62. The van der Waals surface area contributed by atoms with Crippen molar-refractivity contribution < 1.29 is 4.79 Å². The lowest BCUT2D eigenvalue weighted by Gasteiger charge is -2.26. The van der Waals surface area contributed by atoms with Crippen molar-refractivity contribution in [1.29, 1.82) is 0 Å². The Morgan fingerprint density at radius 3 is 2.75 bits per heavy atom. The van der Waals surface area contributed by atoms with Crippen LogP contribution in [0, 0.1) is 12.8 Å². The first-order valence-corrected chi connectivity index (χ1v) is 6.87. The number of anilines is 1. The van der Waals surface area contributed by atoms with Crippen molar-refractivity contribution >= 4 is 24.0 Å². The number of hydrogen-bond donors (Lipinski definition) is 2. The number of likely N-dealkylation sites (N-methyl/N-ethyl adjacent to an activating group) is 1. The monoisotopic (exact) mass is 297 g/mol. The van der Waals surface area contributed by atoms with Crippen LogP contribution in [0.1, 0.15) is 18.4 Å². The van der Waals surface area contributed by atoms with Gasteiger partial charge in [-0.2, -0.15) is 0 Å². The number of nitrogens with zero attached hydrogens (tertiary/aromatic N) is 1. The first-order valence-electron chi connectivity index (χ1n) is 6.87. The lowest BCUT2D eigenvalue weighted by Crippen LogP contribution is -2.43. The number of amides is 1. The Morgan fingerprint density at radius 1 is 1.50 bits per heavy atom. The first-order chi connectivity index (χ1) is 9.10. The number of nitrogens with two attached hydrogens (primary N) is 1. The molecule has 1 aromatic rings. The van der Waals surface area contributed by atoms with Crippen molar-refractivity contribution in [3.8, 4) is 0 Å². The molecule has 4 nitrogen and oxygen atoms in total. The van der Waals surface area contributed by atoms with Crippen molar-refractivity contribution in [2.24, 2.45) is 11.7 Å². The van der Waals surface area contributed by atoms with E-state index in [0.717, 1.165) is 11.3 Å². The zero-order chi connectivity index (χ0) is 13.8. The second-order valence-corrected chi connectivity index (χ2v) is 5.47. The summed E-state index contributed by atoms with van der Waals surface area (Å²) >= 11 is 0. The first kappa shape index (κ1) is 17.0. The number of hydrogen-bond acceptors (Lipinski definition) is 3. The van der Waals surface area contributed by atoms with Gasteiger partial charge in [-0.1, -0.05) is 12.1 Å². The summed E-state index contributed by atoms with van der Waals surface area (Å²) in [6.07, 6.45) is 2.48. The third kappa shape index (κ3) is 4.78. The van der Waals surface area contributed by atoms with Crippen LogP contribution in [-0.2, 0) is 4.79 Å². The van der Waals surface area contributed by atoms with Crippen LogP contribution in [0.3, 0.4) is 0 Å². The molecule has 1 atom stereocenters. The highest BCUT2D eigenvalue weighted by molar-refractivity contribution is 5.92. The molecule has 0 aromatic heterocycles. The van der Waals surface area contributed by atoms with E-state index in [0.29, 0.717) is 25.0 Å². The van der Waals surface area contributed by atoms with Crippen LogP contribution >= 0.6 is 12.4 Å². The van der Waals surface area contributed by atoms with Crippen LogP contribution in [0.4, 0.5) is 5.69 Å². The summed E-state index contributed by atoms with van der Waals surface area (Å²) in [6.45, 7) is 3.03. The summed E-state index contributed by atoms with van der Waals surface area (Å²) in [4.78, 5) is 14.1. The Hall–Kier alpha value is -1.10. The quantitative estimate of drug-likeness (QED) is 0.844. The highest BCUT2D eigenvalue weighted by Crippen LogP contribution is 2.34. The molecule has 0 bridgehead atoms. The van der Waals surface area contributed by atoms with Crippen LogP contribution in [0.5, 0.6) is 0 Å². The smallest absolute Gasteiger partial charge is 0.238 e. The average molecular weight is 298 g/mol. The van der Waals surface area contributed by atoms with Crippen molar-refractivity contribution in [2.75, 3.05) is 25.5 Å². The van der Waals surface area contributed by atoms with Gasteiger partial charge in [-0.3, -0.25) is 9.69 Å². The van der Waals surface area contributed by atoms with Crippen molar-refractivity contribution in [3.63, 3.8) is 0 Å². The van der Waals surface area contributed by atoms with Gasteiger partial charge in [-0.05, 0) is 50.4 Å². The highest BCUT2D eigenvalue weighted by atomic mass is 35.5. The average Bonchev–Trinajstić information content (AvgIpc) is 3.14. The predicted octanol–water partition coefficient (Wildman–Crippen LogP) is 2.02. The van der Waals surface area contributed by atoms with Crippen LogP contribution in [-0.4, -0.2) is 37.0 Å². The molecule has 0 spiro atoms. The van der Waals surface area contributed by atoms with Gasteiger partial charge in [0.05, 0.1) is 6.54 Å². The summed E-state index contributed by atoms with van der Waals surface area (Å²) < 4.78 is 0. The van der Waals surface area contributed by atoms with E-state index in [1.54, 1.807) is 0 Å². The Bertz CT molecular complexity index is 448. The lowest BCUT2D eigenvalue weighted by atomic mass is 10.1. The molecule has 0 radical (unpaired) electrons. The maximum absolute atomic E-state index is 12.0. The van der Waals surface area contributed by atoms with Crippen LogP contribution in [0.2, 0.25) is 0 Å². The molecule has 1 amide bonds. The Morgan fingerprint density at radius 2 is 2.20 bits per heavy atom. The number of rotatable bonds is 6. The van der Waals surface area contributed by atoms with Gasteiger partial charge < -0.3 is 11.1 Å². The highest BCUT2D eigenvalue weighted by Gasteiger charge is 2.33. The lowest BCUT2D eigenvalue weighted by molar-refractivity contribution is -0.117. The van der Waals surface area contributed by atoms with E-state index in [1.807, 2.05) is 38.2 Å². The fourth-order valence-corrected chi connectivity index (χ4v) is 2.48. The van der Waals surface area contributed by atoms with E-state index in [4.69, 9.17) is 5.73 Å². The summed E-state index contributed by atoms with van der Waals surface area (Å²) in [5, 5.41) is 2.93. The van der Waals surface area contributed by atoms with Crippen LogP contribution < -0.4 is 11.1 Å². The molecular formula is C15H24ClN3O. The van der Waals surface area contributed by atoms with E-state index in [9.17, 15) is 4.79 Å². The Balaban J connectivity index is 0.00000200. The molecule has 0 saturated heterocycles. The Labute approximate surface area is 127 Å². The predicted molar refractivity (Wildman–Crippen MR) is 85.3 cm³/mol. The van der Waals surface area contributed by atoms with E-state index in [-0.39, 0.29) is 18.3 Å².